The third-order valence-electron chi connectivity index (χ3n) is 2.50. The molecule has 1 aromatic carbocycles. The molecule has 0 heterocycles. The molecule has 0 fully saturated rings. The number of nitrogens with zero attached hydrogens (tertiary/aromatic N) is 2. The third-order valence-corrected chi connectivity index (χ3v) is 2.74. The molecule has 0 spiro atoms. The van der Waals surface area contributed by atoms with Crippen molar-refractivity contribution in [2.45, 2.75) is 13.3 Å². The van der Waals surface area contributed by atoms with E-state index >= 15 is 0 Å². The maximum atomic E-state index is 11.2. The molecule has 7 heteroatoms. The van der Waals surface area contributed by atoms with E-state index in [1.54, 1.807) is 31.0 Å². The Morgan fingerprint density at radius 3 is 2.79 bits per heavy atom. The van der Waals surface area contributed by atoms with E-state index in [1.165, 1.54) is 6.07 Å². The molecule has 0 amide bonds. The van der Waals surface area contributed by atoms with Crippen LogP contribution in [0.4, 0.5) is 11.4 Å². The van der Waals surface area contributed by atoms with Crippen molar-refractivity contribution in [2.75, 3.05) is 25.1 Å². The zero-order valence-electron chi connectivity index (χ0n) is 10.8. The highest BCUT2D eigenvalue weighted by Gasteiger charge is 2.18. The van der Waals surface area contributed by atoms with Crippen molar-refractivity contribution in [2.24, 2.45) is 0 Å². The number of esters is 1. The molecule has 0 aromatic heterocycles. The molecule has 104 valence electrons. The Bertz CT molecular complexity index is 479. The maximum Gasteiger partial charge on any atom is 0.307 e. The summed E-state index contributed by atoms with van der Waals surface area (Å²) in [6.45, 7) is 2.39. The fraction of sp³-hybridized carbons (Fsp3) is 0.417. The molecule has 0 aliphatic rings. The van der Waals surface area contributed by atoms with Gasteiger partial charge in [-0.15, -0.1) is 0 Å². The first-order chi connectivity index (χ1) is 8.95. The molecule has 6 nitrogen and oxygen atoms in total. The van der Waals surface area contributed by atoms with Gasteiger partial charge in [0.25, 0.3) is 5.69 Å². The highest BCUT2D eigenvalue weighted by molar-refractivity contribution is 6.30. The van der Waals surface area contributed by atoms with Crippen molar-refractivity contribution in [3.63, 3.8) is 0 Å². The van der Waals surface area contributed by atoms with Crippen molar-refractivity contribution >= 4 is 28.9 Å². The highest BCUT2D eigenvalue weighted by Crippen LogP contribution is 2.30. The van der Waals surface area contributed by atoms with Crippen LogP contribution < -0.4 is 4.90 Å². The third kappa shape index (κ3) is 4.40. The van der Waals surface area contributed by atoms with Gasteiger partial charge in [0.2, 0.25) is 0 Å². The highest BCUT2D eigenvalue weighted by atomic mass is 35.5. The van der Waals surface area contributed by atoms with Gasteiger partial charge in [-0.25, -0.2) is 0 Å². The number of hydrogen-bond donors (Lipinski definition) is 0. The average molecular weight is 287 g/mol. The van der Waals surface area contributed by atoms with Crippen LogP contribution in [0.25, 0.3) is 0 Å². The van der Waals surface area contributed by atoms with Gasteiger partial charge in [0, 0.05) is 24.7 Å². The number of benzene rings is 1. The van der Waals surface area contributed by atoms with Crippen LogP contribution in [0.2, 0.25) is 5.02 Å². The quantitative estimate of drug-likeness (QED) is 0.457. The molecule has 19 heavy (non-hydrogen) atoms. The fourth-order valence-corrected chi connectivity index (χ4v) is 1.74. The molecule has 0 atom stereocenters. The Morgan fingerprint density at radius 2 is 2.21 bits per heavy atom. The van der Waals surface area contributed by atoms with Crippen LogP contribution in [0.15, 0.2) is 18.2 Å². The minimum absolute atomic E-state index is 0.0844. The van der Waals surface area contributed by atoms with Crippen LogP contribution in [-0.2, 0) is 9.53 Å². The van der Waals surface area contributed by atoms with E-state index in [1.807, 2.05) is 0 Å². The van der Waals surface area contributed by atoms with Gasteiger partial charge >= 0.3 is 5.97 Å². The van der Waals surface area contributed by atoms with Gasteiger partial charge in [0.05, 0.1) is 18.0 Å². The van der Waals surface area contributed by atoms with E-state index in [9.17, 15) is 14.9 Å². The van der Waals surface area contributed by atoms with Gasteiger partial charge in [-0.1, -0.05) is 11.6 Å². The summed E-state index contributed by atoms with van der Waals surface area (Å²) >= 11 is 5.74. The van der Waals surface area contributed by atoms with E-state index in [0.29, 0.717) is 23.9 Å². The first-order valence-electron chi connectivity index (χ1n) is 5.76. The molecule has 0 N–H and O–H groups in total. The summed E-state index contributed by atoms with van der Waals surface area (Å²) in [7, 11) is 1.68. The molecule has 0 aliphatic carbocycles. The molecule has 0 bridgehead atoms. The maximum absolute atomic E-state index is 11.2. The average Bonchev–Trinajstić information content (AvgIpc) is 2.36. The number of nitro benzene ring substituents is 1. The monoisotopic (exact) mass is 286 g/mol. The standard InChI is InChI=1S/C12H15ClN2O4/c1-3-19-12(16)6-7-14(2)10-5-4-9(13)8-11(10)15(17)18/h4-5,8H,3,6-7H2,1-2H3. The lowest BCUT2D eigenvalue weighted by Crippen LogP contribution is -2.22. The van der Waals surface area contributed by atoms with E-state index in [0.717, 1.165) is 0 Å². The number of carbonyl (C=O) groups excluding carboxylic acids is 1. The second-order valence-corrected chi connectivity index (χ2v) is 4.30. The van der Waals surface area contributed by atoms with Crippen molar-refractivity contribution in [1.82, 2.24) is 0 Å². The van der Waals surface area contributed by atoms with Gasteiger partial charge in [0.15, 0.2) is 0 Å². The first kappa shape index (κ1) is 15.2. The summed E-state index contributed by atoms with van der Waals surface area (Å²) in [6, 6.07) is 4.42. The zero-order chi connectivity index (χ0) is 14.4. The van der Waals surface area contributed by atoms with Crippen LogP contribution in [0.1, 0.15) is 13.3 Å². The lowest BCUT2D eigenvalue weighted by molar-refractivity contribution is -0.384. The van der Waals surface area contributed by atoms with Crippen molar-refractivity contribution in [3.8, 4) is 0 Å². The van der Waals surface area contributed by atoms with E-state index in [-0.39, 0.29) is 18.1 Å². The molecule has 0 aliphatic heterocycles. The fourth-order valence-electron chi connectivity index (χ4n) is 1.58. The minimum atomic E-state index is -0.498. The zero-order valence-corrected chi connectivity index (χ0v) is 11.5. The molecular weight excluding hydrogens is 272 g/mol. The topological polar surface area (TPSA) is 72.7 Å². The van der Waals surface area contributed by atoms with Crippen LogP contribution in [0.5, 0.6) is 0 Å². The Labute approximate surface area is 116 Å². The van der Waals surface area contributed by atoms with Crippen molar-refractivity contribution in [1.29, 1.82) is 0 Å². The lowest BCUT2D eigenvalue weighted by atomic mass is 10.2. The number of carbonyl (C=O) groups is 1. The van der Waals surface area contributed by atoms with Crippen LogP contribution >= 0.6 is 11.6 Å². The number of nitro groups is 1. The van der Waals surface area contributed by atoms with Gasteiger partial charge in [0.1, 0.15) is 5.69 Å². The predicted molar refractivity (Wildman–Crippen MR) is 72.6 cm³/mol. The normalized spacial score (nSPS) is 10.1. The number of hydrogen-bond acceptors (Lipinski definition) is 5. The Hall–Kier alpha value is -1.82. The van der Waals surface area contributed by atoms with Crippen molar-refractivity contribution in [3.05, 3.63) is 33.3 Å². The summed E-state index contributed by atoms with van der Waals surface area (Å²) in [5.74, 6) is -0.328. The lowest BCUT2D eigenvalue weighted by Gasteiger charge is -2.18. The SMILES string of the molecule is CCOC(=O)CCN(C)c1ccc(Cl)cc1[N+](=O)[O-]. The smallest absolute Gasteiger partial charge is 0.307 e. The van der Waals surface area contributed by atoms with Gasteiger partial charge in [-0.3, -0.25) is 14.9 Å². The minimum Gasteiger partial charge on any atom is -0.466 e. The molecule has 0 saturated carbocycles. The molecule has 0 saturated heterocycles. The van der Waals surface area contributed by atoms with Gasteiger partial charge in [-0.05, 0) is 19.1 Å². The van der Waals surface area contributed by atoms with E-state index in [4.69, 9.17) is 16.3 Å². The van der Waals surface area contributed by atoms with Gasteiger partial charge in [-0.2, -0.15) is 0 Å². The van der Waals surface area contributed by atoms with Crippen LogP contribution in [-0.4, -0.2) is 31.1 Å². The van der Waals surface area contributed by atoms with Crippen LogP contribution in [0, 0.1) is 10.1 Å². The Kier molecular flexibility index (Phi) is 5.57. The number of anilines is 1. The first-order valence-corrected chi connectivity index (χ1v) is 6.14. The Balaban J connectivity index is 2.79. The largest absolute Gasteiger partial charge is 0.466 e. The second-order valence-electron chi connectivity index (χ2n) is 3.87. The molecule has 1 rings (SSSR count). The summed E-state index contributed by atoms with van der Waals surface area (Å²) in [5.41, 5.74) is 0.331. The predicted octanol–water partition coefficient (Wildman–Crippen LogP) is 2.64. The molecular formula is C12H15ClN2O4. The van der Waals surface area contributed by atoms with E-state index < -0.39 is 4.92 Å². The van der Waals surface area contributed by atoms with Gasteiger partial charge < -0.3 is 9.64 Å². The number of ether oxygens (including phenoxy) is 1. The molecule has 0 unspecified atom stereocenters. The summed E-state index contributed by atoms with van der Waals surface area (Å²) in [4.78, 5) is 23.3. The molecule has 0 radical (unpaired) electrons. The van der Waals surface area contributed by atoms with Crippen molar-refractivity contribution < 1.29 is 14.5 Å². The Morgan fingerprint density at radius 1 is 1.53 bits per heavy atom. The number of halogens is 1. The summed E-state index contributed by atoms with van der Waals surface area (Å²) in [5, 5.41) is 11.2. The molecule has 1 aromatic rings. The van der Waals surface area contributed by atoms with E-state index in [2.05, 4.69) is 0 Å². The summed E-state index contributed by atoms with van der Waals surface area (Å²) in [6.07, 6.45) is 0.171. The number of rotatable bonds is 6. The van der Waals surface area contributed by atoms with Crippen LogP contribution in [0.3, 0.4) is 0 Å². The second kappa shape index (κ2) is 6.94. The summed E-state index contributed by atoms with van der Waals surface area (Å²) < 4.78 is 4.80.